The van der Waals surface area contributed by atoms with Gasteiger partial charge in [0.25, 0.3) is 0 Å². The molecule has 0 aliphatic heterocycles. The molecule has 12 heavy (non-hydrogen) atoms. The second-order valence-corrected chi connectivity index (χ2v) is 3.22. The first kappa shape index (κ1) is 11.6. The molecule has 3 nitrogen and oxygen atoms in total. The van der Waals surface area contributed by atoms with Crippen LogP contribution in [0.2, 0.25) is 0 Å². The van der Waals surface area contributed by atoms with Crippen LogP contribution in [0.3, 0.4) is 0 Å². The molecule has 0 aliphatic rings. The average Bonchev–Trinajstić information content (AvgIpc) is 2.00. The summed E-state index contributed by atoms with van der Waals surface area (Å²) in [6.45, 7) is 9.20. The summed E-state index contributed by atoms with van der Waals surface area (Å²) in [5.74, 6) is 0.103. The third-order valence-electron chi connectivity index (χ3n) is 1.75. The van der Waals surface area contributed by atoms with Crippen LogP contribution in [0.5, 0.6) is 0 Å². The summed E-state index contributed by atoms with van der Waals surface area (Å²) in [5, 5.41) is 3.10. The van der Waals surface area contributed by atoms with Gasteiger partial charge in [0.05, 0.1) is 5.54 Å². The molecule has 0 amide bonds. The minimum atomic E-state index is -0.454. The van der Waals surface area contributed by atoms with E-state index in [0.29, 0.717) is 6.61 Å². The van der Waals surface area contributed by atoms with Crippen LogP contribution in [-0.4, -0.2) is 31.1 Å². The first-order valence-corrected chi connectivity index (χ1v) is 4.40. The molecule has 0 saturated heterocycles. The molecular weight excluding hydrogens is 154 g/mol. The fourth-order valence-electron chi connectivity index (χ4n) is 0.916. The van der Waals surface area contributed by atoms with E-state index in [0.717, 1.165) is 6.54 Å². The van der Waals surface area contributed by atoms with E-state index >= 15 is 0 Å². The van der Waals surface area contributed by atoms with E-state index in [1.165, 1.54) is 0 Å². The minimum Gasteiger partial charge on any atom is -0.374 e. The van der Waals surface area contributed by atoms with Crippen molar-refractivity contribution in [3.05, 3.63) is 0 Å². The Labute approximate surface area is 74.5 Å². The summed E-state index contributed by atoms with van der Waals surface area (Å²) in [4.78, 5) is 11.4. The molecule has 1 N–H and O–H groups in total. The number of hydrogen-bond donors (Lipinski definition) is 1. The Hall–Kier alpha value is -0.410. The molecule has 0 bridgehead atoms. The van der Waals surface area contributed by atoms with Crippen LogP contribution in [-0.2, 0) is 9.53 Å². The number of carbonyl (C=O) groups excluding carboxylic acids is 1. The fourth-order valence-corrected chi connectivity index (χ4v) is 0.916. The maximum atomic E-state index is 11.4. The summed E-state index contributed by atoms with van der Waals surface area (Å²) >= 11 is 0. The zero-order chi connectivity index (χ0) is 9.61. The molecular formula is C9H19NO2. The molecule has 0 aromatic carbocycles. The second kappa shape index (κ2) is 5.27. The number of carbonyl (C=O) groups is 1. The molecule has 0 heterocycles. The van der Waals surface area contributed by atoms with E-state index in [-0.39, 0.29) is 12.4 Å². The molecule has 72 valence electrons. The Morgan fingerprint density at radius 3 is 2.42 bits per heavy atom. The Morgan fingerprint density at radius 1 is 1.42 bits per heavy atom. The first-order chi connectivity index (χ1) is 5.54. The van der Waals surface area contributed by atoms with Crippen molar-refractivity contribution in [2.75, 3.05) is 19.8 Å². The number of nitrogens with one attached hydrogen (secondary N) is 1. The summed E-state index contributed by atoms with van der Waals surface area (Å²) in [7, 11) is 0. The van der Waals surface area contributed by atoms with Gasteiger partial charge in [0.2, 0.25) is 0 Å². The highest BCUT2D eigenvalue weighted by atomic mass is 16.5. The van der Waals surface area contributed by atoms with Crippen molar-refractivity contribution >= 4 is 5.78 Å². The van der Waals surface area contributed by atoms with Crippen molar-refractivity contribution in [1.82, 2.24) is 5.32 Å². The van der Waals surface area contributed by atoms with Crippen LogP contribution >= 0.6 is 0 Å². The molecule has 0 unspecified atom stereocenters. The van der Waals surface area contributed by atoms with Gasteiger partial charge in [-0.05, 0) is 27.3 Å². The van der Waals surface area contributed by atoms with Gasteiger partial charge < -0.3 is 10.1 Å². The highest BCUT2D eigenvalue weighted by Gasteiger charge is 2.25. The molecule has 0 aromatic rings. The number of likely N-dealkylation sites (N-methyl/N-ethyl adjacent to an activating group) is 1. The third-order valence-corrected chi connectivity index (χ3v) is 1.75. The number of rotatable bonds is 6. The molecule has 0 spiro atoms. The van der Waals surface area contributed by atoms with Gasteiger partial charge in [-0.2, -0.15) is 0 Å². The van der Waals surface area contributed by atoms with Crippen LogP contribution in [0.1, 0.15) is 27.7 Å². The first-order valence-electron chi connectivity index (χ1n) is 4.40. The lowest BCUT2D eigenvalue weighted by Gasteiger charge is -2.23. The third kappa shape index (κ3) is 3.83. The smallest absolute Gasteiger partial charge is 0.177 e. The SMILES string of the molecule is CCNC(C)(C)C(=O)COCC. The van der Waals surface area contributed by atoms with Gasteiger partial charge in [0, 0.05) is 6.61 Å². The number of hydrogen-bond acceptors (Lipinski definition) is 3. The number of ketones is 1. The van der Waals surface area contributed by atoms with Gasteiger partial charge in [-0.15, -0.1) is 0 Å². The molecule has 0 rings (SSSR count). The molecule has 0 aliphatic carbocycles. The highest BCUT2D eigenvalue weighted by molar-refractivity contribution is 5.88. The zero-order valence-electron chi connectivity index (χ0n) is 8.44. The molecule has 0 saturated carbocycles. The molecule has 0 fully saturated rings. The molecule has 0 aromatic heterocycles. The van der Waals surface area contributed by atoms with E-state index in [9.17, 15) is 4.79 Å². The van der Waals surface area contributed by atoms with Gasteiger partial charge in [0.15, 0.2) is 5.78 Å². The Balaban J connectivity index is 3.88. The maximum Gasteiger partial charge on any atom is 0.177 e. The Kier molecular flexibility index (Phi) is 5.09. The lowest BCUT2D eigenvalue weighted by atomic mass is 10.00. The number of ether oxygens (including phenoxy) is 1. The predicted octanol–water partition coefficient (Wildman–Crippen LogP) is 0.980. The average molecular weight is 173 g/mol. The van der Waals surface area contributed by atoms with Crippen molar-refractivity contribution in [2.24, 2.45) is 0 Å². The second-order valence-electron chi connectivity index (χ2n) is 3.22. The molecule has 0 radical (unpaired) electrons. The van der Waals surface area contributed by atoms with Crippen LogP contribution < -0.4 is 5.32 Å². The zero-order valence-corrected chi connectivity index (χ0v) is 8.44. The van der Waals surface area contributed by atoms with Crippen LogP contribution in [0.25, 0.3) is 0 Å². The van der Waals surface area contributed by atoms with E-state index in [1.807, 2.05) is 27.7 Å². The van der Waals surface area contributed by atoms with Crippen molar-refractivity contribution in [1.29, 1.82) is 0 Å². The lowest BCUT2D eigenvalue weighted by molar-refractivity contribution is -0.128. The van der Waals surface area contributed by atoms with Crippen molar-refractivity contribution < 1.29 is 9.53 Å². The topological polar surface area (TPSA) is 38.3 Å². The summed E-state index contributed by atoms with van der Waals surface area (Å²) in [6.07, 6.45) is 0. The lowest BCUT2D eigenvalue weighted by Crippen LogP contribution is -2.48. The summed E-state index contributed by atoms with van der Waals surface area (Å²) in [6, 6.07) is 0. The van der Waals surface area contributed by atoms with Gasteiger partial charge in [0.1, 0.15) is 6.61 Å². The van der Waals surface area contributed by atoms with E-state index in [2.05, 4.69) is 5.32 Å². The van der Waals surface area contributed by atoms with Crippen molar-refractivity contribution in [2.45, 2.75) is 33.2 Å². The van der Waals surface area contributed by atoms with Crippen LogP contribution in [0.4, 0.5) is 0 Å². The Morgan fingerprint density at radius 2 is 2.00 bits per heavy atom. The Bertz CT molecular complexity index is 143. The van der Waals surface area contributed by atoms with Crippen LogP contribution in [0.15, 0.2) is 0 Å². The minimum absolute atomic E-state index is 0.103. The fraction of sp³-hybridized carbons (Fsp3) is 0.889. The van der Waals surface area contributed by atoms with Gasteiger partial charge in [-0.1, -0.05) is 6.92 Å². The molecule has 0 atom stereocenters. The van der Waals surface area contributed by atoms with Gasteiger partial charge in [-0.3, -0.25) is 4.79 Å². The quantitative estimate of drug-likeness (QED) is 0.650. The monoisotopic (exact) mass is 173 g/mol. The largest absolute Gasteiger partial charge is 0.374 e. The normalized spacial score (nSPS) is 11.7. The van der Waals surface area contributed by atoms with Gasteiger partial charge >= 0.3 is 0 Å². The number of Topliss-reactive ketones (excluding diaryl/α,β-unsaturated/α-hetero) is 1. The van der Waals surface area contributed by atoms with E-state index < -0.39 is 5.54 Å². The summed E-state index contributed by atoms with van der Waals surface area (Å²) in [5.41, 5.74) is -0.454. The standard InChI is InChI=1S/C9H19NO2/c1-5-10-9(3,4)8(11)7-12-6-2/h10H,5-7H2,1-4H3. The van der Waals surface area contributed by atoms with E-state index in [4.69, 9.17) is 4.74 Å². The predicted molar refractivity (Wildman–Crippen MR) is 49.3 cm³/mol. The van der Waals surface area contributed by atoms with Crippen molar-refractivity contribution in [3.8, 4) is 0 Å². The van der Waals surface area contributed by atoms with Crippen molar-refractivity contribution in [3.63, 3.8) is 0 Å². The maximum absolute atomic E-state index is 11.4. The van der Waals surface area contributed by atoms with Gasteiger partial charge in [-0.25, -0.2) is 0 Å². The summed E-state index contributed by atoms with van der Waals surface area (Å²) < 4.78 is 5.04. The van der Waals surface area contributed by atoms with E-state index in [1.54, 1.807) is 0 Å². The van der Waals surface area contributed by atoms with Crippen LogP contribution in [0, 0.1) is 0 Å². The highest BCUT2D eigenvalue weighted by Crippen LogP contribution is 2.03. The molecule has 3 heteroatoms.